The Bertz CT molecular complexity index is 802. The van der Waals surface area contributed by atoms with Gasteiger partial charge >= 0.3 is 0 Å². The van der Waals surface area contributed by atoms with Crippen LogP contribution in [0.15, 0.2) is 48.7 Å². The number of allylic oxidation sites excluding steroid dienone is 1. The van der Waals surface area contributed by atoms with Crippen molar-refractivity contribution >= 4 is 0 Å². The van der Waals surface area contributed by atoms with Crippen LogP contribution in [0.25, 0.3) is 0 Å². The summed E-state index contributed by atoms with van der Waals surface area (Å²) in [4.78, 5) is 0. The summed E-state index contributed by atoms with van der Waals surface area (Å²) in [5.41, 5.74) is 4.46. The fourth-order valence-electron chi connectivity index (χ4n) is 4.21. The molecule has 0 heterocycles. The van der Waals surface area contributed by atoms with Crippen molar-refractivity contribution in [2.75, 3.05) is 0 Å². The third-order valence-electron chi connectivity index (χ3n) is 5.20. The van der Waals surface area contributed by atoms with Crippen LogP contribution in [0.1, 0.15) is 56.4 Å². The molecule has 2 heteroatoms. The van der Waals surface area contributed by atoms with Crippen LogP contribution in [0.4, 0.5) is 0 Å². The van der Waals surface area contributed by atoms with Crippen molar-refractivity contribution in [1.29, 1.82) is 0 Å². The highest BCUT2D eigenvalue weighted by atomic mass is 16.5. The van der Waals surface area contributed by atoms with E-state index in [1.807, 2.05) is 32.1 Å². The first-order valence-electron chi connectivity index (χ1n) is 8.51. The molecule has 0 saturated carbocycles. The Hall–Kier alpha value is -2.22. The van der Waals surface area contributed by atoms with Gasteiger partial charge in [-0.3, -0.25) is 0 Å². The number of ether oxygens (including phenoxy) is 1. The number of aromatic hydroxyl groups is 1. The molecule has 2 aromatic carbocycles. The molecule has 24 heavy (non-hydrogen) atoms. The van der Waals surface area contributed by atoms with Crippen LogP contribution in [-0.2, 0) is 10.8 Å². The van der Waals surface area contributed by atoms with E-state index in [4.69, 9.17) is 4.74 Å². The summed E-state index contributed by atoms with van der Waals surface area (Å²) in [5, 5.41) is 10.6. The molecule has 0 radical (unpaired) electrons. The van der Waals surface area contributed by atoms with Crippen molar-refractivity contribution in [2.45, 2.75) is 51.9 Å². The van der Waals surface area contributed by atoms with E-state index in [0.29, 0.717) is 5.75 Å². The maximum absolute atomic E-state index is 10.6. The standard InChI is InChI=1S/C22H26O2/c1-6-11-24-16-8-10-17-19(13-16)22(5,14-21(17,3)4)18-9-7-15(2)12-20(18)23/h6-13,23H,14H2,1-5H3/b11-6+. The van der Waals surface area contributed by atoms with Gasteiger partial charge in [0.15, 0.2) is 0 Å². The number of phenols is 1. The fourth-order valence-corrected chi connectivity index (χ4v) is 4.21. The van der Waals surface area contributed by atoms with Crippen LogP contribution in [-0.4, -0.2) is 5.11 Å². The summed E-state index contributed by atoms with van der Waals surface area (Å²) in [5.74, 6) is 1.21. The number of aryl methyl sites for hydroxylation is 1. The molecule has 2 nitrogen and oxygen atoms in total. The molecule has 0 aromatic heterocycles. The van der Waals surface area contributed by atoms with E-state index >= 15 is 0 Å². The number of fused-ring (bicyclic) bond motifs is 1. The van der Waals surface area contributed by atoms with E-state index in [0.717, 1.165) is 23.3 Å². The highest BCUT2D eigenvalue weighted by molar-refractivity contribution is 5.57. The van der Waals surface area contributed by atoms with Gasteiger partial charge in [0.1, 0.15) is 11.5 Å². The van der Waals surface area contributed by atoms with Crippen molar-refractivity contribution in [3.05, 3.63) is 71.0 Å². The molecule has 0 spiro atoms. The lowest BCUT2D eigenvalue weighted by molar-refractivity contribution is 0.400. The van der Waals surface area contributed by atoms with E-state index in [2.05, 4.69) is 45.0 Å². The molecule has 0 fully saturated rings. The molecular formula is C22H26O2. The molecule has 1 aliphatic carbocycles. The third-order valence-corrected chi connectivity index (χ3v) is 5.20. The topological polar surface area (TPSA) is 29.5 Å². The first kappa shape index (κ1) is 16.6. The van der Waals surface area contributed by atoms with Gasteiger partial charge in [0, 0.05) is 11.0 Å². The molecule has 1 atom stereocenters. The first-order chi connectivity index (χ1) is 11.3. The minimum Gasteiger partial charge on any atom is -0.508 e. The van der Waals surface area contributed by atoms with Crippen molar-refractivity contribution < 1.29 is 9.84 Å². The summed E-state index contributed by atoms with van der Waals surface area (Å²) in [7, 11) is 0. The van der Waals surface area contributed by atoms with Crippen molar-refractivity contribution in [3.8, 4) is 11.5 Å². The lowest BCUT2D eigenvalue weighted by Crippen LogP contribution is -2.23. The zero-order valence-electron chi connectivity index (χ0n) is 15.2. The third kappa shape index (κ3) is 2.60. The second-order valence-corrected chi connectivity index (χ2v) is 7.71. The van der Waals surface area contributed by atoms with Gasteiger partial charge in [-0.1, -0.05) is 45.0 Å². The minimum absolute atomic E-state index is 0.0561. The molecule has 3 rings (SSSR count). The number of benzene rings is 2. The highest BCUT2D eigenvalue weighted by Gasteiger charge is 2.46. The van der Waals surface area contributed by atoms with Gasteiger partial charge < -0.3 is 9.84 Å². The van der Waals surface area contributed by atoms with Crippen LogP contribution in [0, 0.1) is 6.92 Å². The fraction of sp³-hybridized carbons (Fsp3) is 0.364. The minimum atomic E-state index is -0.230. The largest absolute Gasteiger partial charge is 0.508 e. The zero-order chi connectivity index (χ0) is 17.5. The molecule has 2 aromatic rings. The van der Waals surface area contributed by atoms with Crippen LogP contribution >= 0.6 is 0 Å². The lowest BCUT2D eigenvalue weighted by atomic mass is 9.74. The van der Waals surface area contributed by atoms with E-state index in [-0.39, 0.29) is 10.8 Å². The lowest BCUT2D eigenvalue weighted by Gasteiger charge is -2.29. The monoisotopic (exact) mass is 322 g/mol. The zero-order valence-corrected chi connectivity index (χ0v) is 15.2. The van der Waals surface area contributed by atoms with Crippen molar-refractivity contribution in [1.82, 2.24) is 0 Å². The number of phenolic OH excluding ortho intramolecular Hbond substituents is 1. The average molecular weight is 322 g/mol. The van der Waals surface area contributed by atoms with Gasteiger partial charge in [0.25, 0.3) is 0 Å². The Morgan fingerprint density at radius 2 is 1.71 bits per heavy atom. The van der Waals surface area contributed by atoms with Gasteiger partial charge in [-0.2, -0.15) is 0 Å². The molecule has 126 valence electrons. The molecule has 1 N–H and O–H groups in total. The van der Waals surface area contributed by atoms with Gasteiger partial charge in [0.05, 0.1) is 6.26 Å². The second-order valence-electron chi connectivity index (χ2n) is 7.71. The summed E-state index contributed by atoms with van der Waals surface area (Å²) < 4.78 is 5.68. The van der Waals surface area contributed by atoms with E-state index in [1.165, 1.54) is 11.1 Å². The SMILES string of the molecule is C/C=C/Oc1ccc2c(c1)C(C)(c1ccc(C)cc1O)CC2(C)C. The summed E-state index contributed by atoms with van der Waals surface area (Å²) in [6, 6.07) is 12.3. The van der Waals surface area contributed by atoms with Crippen molar-refractivity contribution in [2.24, 2.45) is 0 Å². The number of hydrogen-bond acceptors (Lipinski definition) is 2. The summed E-state index contributed by atoms with van der Waals surface area (Å²) >= 11 is 0. The Balaban J connectivity index is 2.18. The Labute approximate surface area is 144 Å². The predicted molar refractivity (Wildman–Crippen MR) is 98.8 cm³/mol. The molecule has 1 unspecified atom stereocenters. The van der Waals surface area contributed by atoms with Crippen LogP contribution < -0.4 is 4.74 Å². The maximum Gasteiger partial charge on any atom is 0.126 e. The molecule has 0 aliphatic heterocycles. The van der Waals surface area contributed by atoms with E-state index in [1.54, 1.807) is 6.26 Å². The van der Waals surface area contributed by atoms with Crippen LogP contribution in [0.5, 0.6) is 11.5 Å². The smallest absolute Gasteiger partial charge is 0.126 e. The first-order valence-corrected chi connectivity index (χ1v) is 8.51. The predicted octanol–water partition coefficient (Wildman–Crippen LogP) is 5.60. The van der Waals surface area contributed by atoms with Crippen LogP contribution in [0.2, 0.25) is 0 Å². The van der Waals surface area contributed by atoms with Crippen molar-refractivity contribution in [3.63, 3.8) is 0 Å². The van der Waals surface area contributed by atoms with Gasteiger partial charge in [-0.15, -0.1) is 0 Å². The highest BCUT2D eigenvalue weighted by Crippen LogP contribution is 2.55. The summed E-state index contributed by atoms with van der Waals surface area (Å²) in [6.45, 7) is 10.7. The molecule has 0 saturated heterocycles. The average Bonchev–Trinajstić information content (AvgIpc) is 2.72. The second kappa shape index (κ2) is 5.70. The normalized spacial score (nSPS) is 21.9. The molecular weight excluding hydrogens is 296 g/mol. The van der Waals surface area contributed by atoms with Crippen LogP contribution in [0.3, 0.4) is 0 Å². The molecule has 0 bridgehead atoms. The Morgan fingerprint density at radius 3 is 2.38 bits per heavy atom. The maximum atomic E-state index is 10.6. The van der Waals surface area contributed by atoms with E-state index in [9.17, 15) is 5.11 Å². The quantitative estimate of drug-likeness (QED) is 0.745. The number of rotatable bonds is 3. The van der Waals surface area contributed by atoms with Gasteiger partial charge in [0.2, 0.25) is 0 Å². The molecule has 1 aliphatic rings. The molecule has 0 amide bonds. The van der Waals surface area contributed by atoms with Gasteiger partial charge in [-0.05, 0) is 60.6 Å². The number of hydrogen-bond donors (Lipinski definition) is 1. The van der Waals surface area contributed by atoms with Gasteiger partial charge in [-0.25, -0.2) is 0 Å². The Morgan fingerprint density at radius 1 is 1.00 bits per heavy atom. The van der Waals surface area contributed by atoms with E-state index < -0.39 is 0 Å². The Kier molecular flexibility index (Phi) is 3.95. The summed E-state index contributed by atoms with van der Waals surface area (Å²) in [6.07, 6.45) is 4.53.